The average Bonchev–Trinajstić information content (AvgIpc) is 2.73. The highest BCUT2D eigenvalue weighted by Crippen LogP contribution is 2.24. The lowest BCUT2D eigenvalue weighted by Gasteiger charge is -2.40. The fourth-order valence-electron chi connectivity index (χ4n) is 4.44. The van der Waals surface area contributed by atoms with E-state index in [-0.39, 0.29) is 11.8 Å². The van der Waals surface area contributed by atoms with Crippen molar-refractivity contribution in [2.45, 2.75) is 12.8 Å². The van der Waals surface area contributed by atoms with E-state index in [1.165, 1.54) is 5.56 Å². The smallest absolute Gasteiger partial charge is 0.224 e. The number of likely N-dealkylation sites (tertiary alicyclic amines) is 1. The summed E-state index contributed by atoms with van der Waals surface area (Å²) in [6, 6.07) is 10.7. The predicted molar refractivity (Wildman–Crippen MR) is 117 cm³/mol. The first-order valence-electron chi connectivity index (χ1n) is 11.1. The summed E-state index contributed by atoms with van der Waals surface area (Å²) in [6.45, 7) is 9.36. The van der Waals surface area contributed by atoms with Crippen LogP contribution >= 0.6 is 0 Å². The van der Waals surface area contributed by atoms with Crippen LogP contribution < -0.4 is 5.32 Å². The van der Waals surface area contributed by atoms with Crippen LogP contribution in [0.5, 0.6) is 0 Å². The van der Waals surface area contributed by atoms with Crippen molar-refractivity contribution in [3.63, 3.8) is 0 Å². The second kappa shape index (κ2) is 11.6. The van der Waals surface area contributed by atoms with Crippen LogP contribution in [0.15, 0.2) is 30.3 Å². The Hall–Kier alpha value is -1.47. The Kier molecular flexibility index (Phi) is 8.92. The maximum atomic E-state index is 12.8. The van der Waals surface area contributed by atoms with Gasteiger partial charge < -0.3 is 19.9 Å². The molecule has 0 spiro atoms. The lowest BCUT2D eigenvalue weighted by atomic mass is 9.87. The zero-order valence-corrected chi connectivity index (χ0v) is 18.2. The van der Waals surface area contributed by atoms with Crippen LogP contribution in [0.3, 0.4) is 0 Å². The molecule has 3 rings (SSSR count). The first-order chi connectivity index (χ1) is 14.1. The van der Waals surface area contributed by atoms with Gasteiger partial charge in [-0.25, -0.2) is 0 Å². The number of rotatable bonds is 9. The van der Waals surface area contributed by atoms with E-state index in [2.05, 4.69) is 50.3 Å². The Labute approximate surface area is 176 Å². The monoisotopic (exact) mass is 402 g/mol. The molecule has 1 amide bonds. The number of carbonyl (C=O) groups excluding carboxylic acids is 1. The molecular weight excluding hydrogens is 364 g/mol. The molecule has 6 heteroatoms. The summed E-state index contributed by atoms with van der Waals surface area (Å²) in [7, 11) is 4.08. The molecule has 1 aromatic carbocycles. The number of likely N-dealkylation sites (N-methyl/N-ethyl adjacent to an activating group) is 1. The van der Waals surface area contributed by atoms with Gasteiger partial charge in [-0.05, 0) is 38.4 Å². The van der Waals surface area contributed by atoms with Gasteiger partial charge in [0.1, 0.15) is 0 Å². The minimum absolute atomic E-state index is 0.0905. The molecule has 0 saturated carbocycles. The molecule has 0 aromatic heterocycles. The third kappa shape index (κ3) is 7.70. The zero-order valence-electron chi connectivity index (χ0n) is 18.2. The first-order valence-corrected chi connectivity index (χ1v) is 11.1. The lowest BCUT2D eigenvalue weighted by Crippen LogP contribution is -2.50. The van der Waals surface area contributed by atoms with Crippen LogP contribution in [0.4, 0.5) is 0 Å². The molecular formula is C23H38N4O2. The number of hydrogen-bond acceptors (Lipinski definition) is 5. The number of piperidine rings is 1. The standard InChI is InChI=1S/C23H38N4O2/c1-25(2)11-9-24-23(28)22-16-21(17-26-12-14-29-15-13-26)18-27(19-22)10-8-20-6-4-3-5-7-20/h3-7,21-22H,8-19H2,1-2H3,(H,24,28)/t21-,22-/m1/s1. The maximum absolute atomic E-state index is 12.8. The van der Waals surface area contributed by atoms with E-state index >= 15 is 0 Å². The summed E-state index contributed by atoms with van der Waals surface area (Å²) in [5.74, 6) is 0.859. The quantitative estimate of drug-likeness (QED) is 0.672. The molecule has 1 N–H and O–H groups in total. The number of amides is 1. The topological polar surface area (TPSA) is 48.1 Å². The van der Waals surface area contributed by atoms with Crippen LogP contribution in [-0.4, -0.2) is 100 Å². The van der Waals surface area contributed by atoms with Crippen molar-refractivity contribution in [3.05, 3.63) is 35.9 Å². The molecule has 2 heterocycles. The Morgan fingerprint density at radius 3 is 2.62 bits per heavy atom. The second-order valence-electron chi connectivity index (χ2n) is 8.80. The van der Waals surface area contributed by atoms with Crippen molar-refractivity contribution in [1.29, 1.82) is 0 Å². The molecule has 2 fully saturated rings. The number of hydrogen-bond donors (Lipinski definition) is 1. The zero-order chi connectivity index (χ0) is 20.5. The molecule has 1 aromatic rings. The molecule has 2 aliphatic heterocycles. The number of morpholine rings is 1. The van der Waals surface area contributed by atoms with Gasteiger partial charge >= 0.3 is 0 Å². The van der Waals surface area contributed by atoms with Gasteiger partial charge in [0.15, 0.2) is 0 Å². The van der Waals surface area contributed by atoms with E-state index < -0.39 is 0 Å². The molecule has 0 unspecified atom stereocenters. The van der Waals surface area contributed by atoms with Gasteiger partial charge in [0.2, 0.25) is 5.91 Å². The summed E-state index contributed by atoms with van der Waals surface area (Å²) in [4.78, 5) is 20.0. The number of benzene rings is 1. The molecule has 2 atom stereocenters. The molecule has 2 aliphatic rings. The van der Waals surface area contributed by atoms with Gasteiger partial charge in [0.05, 0.1) is 19.1 Å². The van der Waals surface area contributed by atoms with E-state index in [0.29, 0.717) is 5.92 Å². The minimum atomic E-state index is 0.0905. The van der Waals surface area contributed by atoms with Crippen molar-refractivity contribution >= 4 is 5.91 Å². The van der Waals surface area contributed by atoms with Gasteiger partial charge in [0.25, 0.3) is 0 Å². The normalized spacial score (nSPS) is 24.0. The lowest BCUT2D eigenvalue weighted by molar-refractivity contribution is -0.127. The van der Waals surface area contributed by atoms with E-state index in [1.807, 2.05) is 14.1 Å². The number of nitrogens with zero attached hydrogens (tertiary/aromatic N) is 3. The van der Waals surface area contributed by atoms with E-state index in [9.17, 15) is 4.79 Å². The van der Waals surface area contributed by atoms with E-state index in [0.717, 1.165) is 78.4 Å². The van der Waals surface area contributed by atoms with Gasteiger partial charge in [-0.3, -0.25) is 9.69 Å². The van der Waals surface area contributed by atoms with Crippen LogP contribution in [-0.2, 0) is 16.0 Å². The minimum Gasteiger partial charge on any atom is -0.379 e. The molecule has 6 nitrogen and oxygen atoms in total. The van der Waals surface area contributed by atoms with E-state index in [4.69, 9.17) is 4.74 Å². The highest BCUT2D eigenvalue weighted by Gasteiger charge is 2.32. The van der Waals surface area contributed by atoms with Gasteiger partial charge in [-0.2, -0.15) is 0 Å². The number of ether oxygens (including phenoxy) is 1. The first kappa shape index (κ1) is 22.2. The Morgan fingerprint density at radius 2 is 1.90 bits per heavy atom. The maximum Gasteiger partial charge on any atom is 0.224 e. The third-order valence-corrected chi connectivity index (χ3v) is 6.02. The Bertz CT molecular complexity index is 604. The van der Waals surface area contributed by atoms with Crippen molar-refractivity contribution in [2.75, 3.05) is 79.7 Å². The van der Waals surface area contributed by atoms with Crippen molar-refractivity contribution in [1.82, 2.24) is 20.0 Å². The number of nitrogens with one attached hydrogen (secondary N) is 1. The second-order valence-corrected chi connectivity index (χ2v) is 8.80. The Morgan fingerprint density at radius 1 is 1.14 bits per heavy atom. The molecule has 0 aliphatic carbocycles. The Balaban J connectivity index is 1.56. The molecule has 0 bridgehead atoms. The third-order valence-electron chi connectivity index (χ3n) is 6.02. The van der Waals surface area contributed by atoms with Crippen LogP contribution in [0.1, 0.15) is 12.0 Å². The fourth-order valence-corrected chi connectivity index (χ4v) is 4.44. The van der Waals surface area contributed by atoms with Crippen molar-refractivity contribution in [2.24, 2.45) is 11.8 Å². The molecule has 29 heavy (non-hydrogen) atoms. The summed E-state index contributed by atoms with van der Waals surface area (Å²) < 4.78 is 5.50. The summed E-state index contributed by atoms with van der Waals surface area (Å²) in [5.41, 5.74) is 1.37. The summed E-state index contributed by atoms with van der Waals surface area (Å²) >= 11 is 0. The largest absolute Gasteiger partial charge is 0.379 e. The fraction of sp³-hybridized carbons (Fsp3) is 0.696. The van der Waals surface area contributed by atoms with Crippen molar-refractivity contribution < 1.29 is 9.53 Å². The van der Waals surface area contributed by atoms with Crippen LogP contribution in [0, 0.1) is 11.8 Å². The molecule has 0 radical (unpaired) electrons. The average molecular weight is 403 g/mol. The van der Waals surface area contributed by atoms with E-state index in [1.54, 1.807) is 0 Å². The molecule has 2 saturated heterocycles. The highest BCUT2D eigenvalue weighted by molar-refractivity contribution is 5.79. The molecule has 162 valence electrons. The van der Waals surface area contributed by atoms with Gasteiger partial charge in [-0.1, -0.05) is 30.3 Å². The summed E-state index contributed by atoms with van der Waals surface area (Å²) in [5, 5.41) is 3.16. The van der Waals surface area contributed by atoms with Crippen LogP contribution in [0.2, 0.25) is 0 Å². The number of carbonyl (C=O) groups is 1. The van der Waals surface area contributed by atoms with Crippen LogP contribution in [0.25, 0.3) is 0 Å². The van der Waals surface area contributed by atoms with Gasteiger partial charge in [0, 0.05) is 52.4 Å². The summed E-state index contributed by atoms with van der Waals surface area (Å²) in [6.07, 6.45) is 2.03. The highest BCUT2D eigenvalue weighted by atomic mass is 16.5. The van der Waals surface area contributed by atoms with Crippen molar-refractivity contribution in [3.8, 4) is 0 Å². The predicted octanol–water partition coefficient (Wildman–Crippen LogP) is 1.18. The van der Waals surface area contributed by atoms with Gasteiger partial charge in [-0.15, -0.1) is 0 Å². The SMILES string of the molecule is CN(C)CCNC(=O)[C@@H]1C[C@H](CN2CCOCC2)CN(CCc2ccccc2)C1.